The molecular weight excluding hydrogens is 322 g/mol. The van der Waals surface area contributed by atoms with E-state index in [9.17, 15) is 4.79 Å². The molecule has 3 rings (SSSR count). The molecule has 1 fully saturated rings. The Kier molecular flexibility index (Phi) is 6.30. The second-order valence-electron chi connectivity index (χ2n) is 6.28. The van der Waals surface area contributed by atoms with Gasteiger partial charge in [-0.2, -0.15) is 0 Å². The summed E-state index contributed by atoms with van der Waals surface area (Å²) in [5.41, 5.74) is 0.930. The largest absolute Gasteiger partial charge is 0.454 e. The molecule has 25 heavy (non-hydrogen) atoms. The quantitative estimate of drug-likeness (QED) is 0.560. The molecule has 2 aliphatic rings. The standard InChI is InChI=1S/C19H25NO5/c1-22-10-11-23-13-16-6-8-20(9-7-16)19(21)5-3-15-2-4-17-18(12-15)25-14-24-17/h2-5,12,16H,6-11,13-14H2,1H3/b5-3+. The lowest BCUT2D eigenvalue weighted by Gasteiger charge is -2.31. The maximum absolute atomic E-state index is 12.3. The third-order valence-corrected chi connectivity index (χ3v) is 4.53. The average Bonchev–Trinajstić information content (AvgIpc) is 3.11. The third kappa shape index (κ3) is 4.96. The Morgan fingerprint density at radius 2 is 2.04 bits per heavy atom. The van der Waals surface area contributed by atoms with Crippen LogP contribution in [0.1, 0.15) is 18.4 Å². The van der Waals surface area contributed by atoms with Crippen LogP contribution in [0.15, 0.2) is 24.3 Å². The molecule has 1 aromatic rings. The fourth-order valence-corrected chi connectivity index (χ4v) is 3.00. The number of hydrogen-bond acceptors (Lipinski definition) is 5. The van der Waals surface area contributed by atoms with Gasteiger partial charge in [0.15, 0.2) is 11.5 Å². The predicted molar refractivity (Wildman–Crippen MR) is 93.6 cm³/mol. The van der Waals surface area contributed by atoms with Gasteiger partial charge >= 0.3 is 0 Å². The van der Waals surface area contributed by atoms with Crippen LogP contribution in [0.3, 0.4) is 0 Å². The van der Waals surface area contributed by atoms with E-state index in [0.717, 1.165) is 49.6 Å². The van der Waals surface area contributed by atoms with Crippen molar-refractivity contribution < 1.29 is 23.7 Å². The minimum Gasteiger partial charge on any atom is -0.454 e. The predicted octanol–water partition coefficient (Wildman–Crippen LogP) is 2.33. The van der Waals surface area contributed by atoms with Crippen LogP contribution in [0.2, 0.25) is 0 Å². The molecule has 0 aliphatic carbocycles. The summed E-state index contributed by atoms with van der Waals surface area (Å²) in [5.74, 6) is 2.05. The normalized spacial score (nSPS) is 17.4. The fraction of sp³-hybridized carbons (Fsp3) is 0.526. The number of carbonyl (C=O) groups is 1. The lowest BCUT2D eigenvalue weighted by molar-refractivity contribution is -0.127. The Balaban J connectivity index is 1.43. The number of benzene rings is 1. The molecule has 2 heterocycles. The van der Waals surface area contributed by atoms with Crippen LogP contribution in [-0.2, 0) is 14.3 Å². The van der Waals surface area contributed by atoms with Crippen molar-refractivity contribution >= 4 is 12.0 Å². The van der Waals surface area contributed by atoms with Gasteiger partial charge in [-0.05, 0) is 42.5 Å². The molecule has 2 aliphatic heterocycles. The Morgan fingerprint density at radius 3 is 2.84 bits per heavy atom. The van der Waals surface area contributed by atoms with Crippen LogP contribution >= 0.6 is 0 Å². The zero-order valence-corrected chi connectivity index (χ0v) is 14.6. The van der Waals surface area contributed by atoms with E-state index in [1.807, 2.05) is 29.2 Å². The van der Waals surface area contributed by atoms with Gasteiger partial charge in [0.2, 0.25) is 12.7 Å². The van der Waals surface area contributed by atoms with Crippen LogP contribution in [0, 0.1) is 5.92 Å². The summed E-state index contributed by atoms with van der Waals surface area (Å²) in [4.78, 5) is 14.2. The van der Waals surface area contributed by atoms with Gasteiger partial charge in [0.05, 0.1) is 13.2 Å². The van der Waals surface area contributed by atoms with Crippen molar-refractivity contribution in [2.75, 3.05) is 46.8 Å². The lowest BCUT2D eigenvalue weighted by atomic mass is 9.98. The van der Waals surface area contributed by atoms with Crippen molar-refractivity contribution in [3.8, 4) is 11.5 Å². The Bertz CT molecular complexity index is 608. The number of hydrogen-bond donors (Lipinski definition) is 0. The van der Waals surface area contributed by atoms with Crippen molar-refractivity contribution in [1.82, 2.24) is 4.90 Å². The number of nitrogens with zero attached hydrogens (tertiary/aromatic N) is 1. The molecule has 1 saturated heterocycles. The SMILES string of the molecule is COCCOCC1CCN(C(=O)/C=C/c2ccc3c(c2)OCO3)CC1. The number of methoxy groups -OCH3 is 1. The molecule has 0 aromatic heterocycles. The number of ether oxygens (including phenoxy) is 4. The van der Waals surface area contributed by atoms with Gasteiger partial charge in [0.25, 0.3) is 0 Å². The highest BCUT2D eigenvalue weighted by molar-refractivity contribution is 5.91. The molecule has 1 amide bonds. The third-order valence-electron chi connectivity index (χ3n) is 4.53. The van der Waals surface area contributed by atoms with Crippen molar-refractivity contribution in [3.63, 3.8) is 0 Å². The van der Waals surface area contributed by atoms with Crippen LogP contribution < -0.4 is 9.47 Å². The molecule has 0 unspecified atom stereocenters. The first-order chi connectivity index (χ1) is 12.3. The summed E-state index contributed by atoms with van der Waals surface area (Å²) in [6, 6.07) is 5.66. The van der Waals surface area contributed by atoms with Crippen molar-refractivity contribution in [3.05, 3.63) is 29.8 Å². The molecule has 0 bridgehead atoms. The summed E-state index contributed by atoms with van der Waals surface area (Å²) in [6.45, 7) is 3.82. The molecule has 0 radical (unpaired) electrons. The Morgan fingerprint density at radius 1 is 1.24 bits per heavy atom. The zero-order valence-electron chi connectivity index (χ0n) is 14.6. The van der Waals surface area contributed by atoms with Gasteiger partial charge in [-0.1, -0.05) is 6.07 Å². The van der Waals surface area contributed by atoms with Gasteiger partial charge in [-0.3, -0.25) is 4.79 Å². The second kappa shape index (κ2) is 8.87. The van der Waals surface area contributed by atoms with Gasteiger partial charge < -0.3 is 23.8 Å². The minimum atomic E-state index is 0.0522. The lowest BCUT2D eigenvalue weighted by Crippen LogP contribution is -2.38. The Labute approximate surface area is 148 Å². The molecule has 6 nitrogen and oxygen atoms in total. The highest BCUT2D eigenvalue weighted by Crippen LogP contribution is 2.32. The average molecular weight is 347 g/mol. The number of fused-ring (bicyclic) bond motifs is 1. The van der Waals surface area contributed by atoms with Gasteiger partial charge in [-0.25, -0.2) is 0 Å². The number of carbonyl (C=O) groups excluding carboxylic acids is 1. The van der Waals surface area contributed by atoms with Gasteiger partial charge in [0, 0.05) is 32.9 Å². The Hall–Kier alpha value is -2.05. The van der Waals surface area contributed by atoms with Gasteiger partial charge in [-0.15, -0.1) is 0 Å². The monoisotopic (exact) mass is 347 g/mol. The molecule has 0 spiro atoms. The van der Waals surface area contributed by atoms with Crippen molar-refractivity contribution in [1.29, 1.82) is 0 Å². The summed E-state index contributed by atoms with van der Waals surface area (Å²) in [6.07, 6.45) is 5.42. The van der Waals surface area contributed by atoms with E-state index in [-0.39, 0.29) is 12.7 Å². The summed E-state index contributed by atoms with van der Waals surface area (Å²) < 4.78 is 21.2. The summed E-state index contributed by atoms with van der Waals surface area (Å²) >= 11 is 0. The minimum absolute atomic E-state index is 0.0522. The molecule has 0 atom stereocenters. The van der Waals surface area contributed by atoms with Crippen LogP contribution in [0.5, 0.6) is 11.5 Å². The van der Waals surface area contributed by atoms with E-state index >= 15 is 0 Å². The number of rotatable bonds is 7. The van der Waals surface area contributed by atoms with E-state index in [2.05, 4.69) is 0 Å². The maximum Gasteiger partial charge on any atom is 0.246 e. The van der Waals surface area contributed by atoms with E-state index in [0.29, 0.717) is 19.1 Å². The number of piperidine rings is 1. The second-order valence-corrected chi connectivity index (χ2v) is 6.28. The highest BCUT2D eigenvalue weighted by Gasteiger charge is 2.21. The smallest absolute Gasteiger partial charge is 0.246 e. The van der Waals surface area contributed by atoms with Crippen molar-refractivity contribution in [2.24, 2.45) is 5.92 Å². The van der Waals surface area contributed by atoms with Crippen molar-refractivity contribution in [2.45, 2.75) is 12.8 Å². The van der Waals surface area contributed by atoms with Crippen LogP contribution in [0.4, 0.5) is 0 Å². The van der Waals surface area contributed by atoms with Gasteiger partial charge in [0.1, 0.15) is 0 Å². The molecule has 1 aromatic carbocycles. The summed E-state index contributed by atoms with van der Waals surface area (Å²) in [5, 5.41) is 0. The van der Waals surface area contributed by atoms with Crippen LogP contribution in [-0.4, -0.2) is 57.6 Å². The number of likely N-dealkylation sites (tertiary alicyclic amines) is 1. The zero-order chi connectivity index (χ0) is 17.5. The highest BCUT2D eigenvalue weighted by atomic mass is 16.7. The first kappa shape index (κ1) is 17.8. The molecular formula is C19H25NO5. The first-order valence-corrected chi connectivity index (χ1v) is 8.69. The van der Waals surface area contributed by atoms with Crippen LogP contribution in [0.25, 0.3) is 6.08 Å². The van der Waals surface area contributed by atoms with E-state index in [1.54, 1.807) is 13.2 Å². The van der Waals surface area contributed by atoms with E-state index in [1.165, 1.54) is 0 Å². The molecule has 0 N–H and O–H groups in total. The molecule has 6 heteroatoms. The topological polar surface area (TPSA) is 57.2 Å². The van der Waals surface area contributed by atoms with E-state index < -0.39 is 0 Å². The van der Waals surface area contributed by atoms with E-state index in [4.69, 9.17) is 18.9 Å². The molecule has 0 saturated carbocycles. The number of amides is 1. The molecule has 136 valence electrons. The first-order valence-electron chi connectivity index (χ1n) is 8.69. The maximum atomic E-state index is 12.3. The fourth-order valence-electron chi connectivity index (χ4n) is 3.00. The summed E-state index contributed by atoms with van der Waals surface area (Å²) in [7, 11) is 1.67.